The topological polar surface area (TPSA) is 104 Å². The number of methoxy groups -OCH3 is 1. The average molecular weight is 518 g/mol. The molecule has 1 N–H and O–H groups in total. The molecule has 13 heteroatoms. The predicted molar refractivity (Wildman–Crippen MR) is 114 cm³/mol. The van der Waals surface area contributed by atoms with E-state index < -0.39 is 29.4 Å². The van der Waals surface area contributed by atoms with E-state index in [-0.39, 0.29) is 33.2 Å². The van der Waals surface area contributed by atoms with E-state index in [9.17, 15) is 23.1 Å². The Kier molecular flexibility index (Phi) is 7.49. The lowest BCUT2D eigenvalue weighted by Crippen LogP contribution is -2.46. The van der Waals surface area contributed by atoms with Gasteiger partial charge in [-0.05, 0) is 35.4 Å². The fraction of sp³-hybridized carbons (Fsp3) is 0.238. The van der Waals surface area contributed by atoms with Gasteiger partial charge in [-0.25, -0.2) is 9.78 Å². The van der Waals surface area contributed by atoms with E-state index in [1.807, 2.05) is 0 Å². The van der Waals surface area contributed by atoms with Crippen molar-refractivity contribution in [1.82, 2.24) is 15.0 Å². The van der Waals surface area contributed by atoms with Crippen LogP contribution in [-0.4, -0.2) is 39.5 Å². The first-order chi connectivity index (χ1) is 16.0. The Hall–Kier alpha value is -3.15. The van der Waals surface area contributed by atoms with Crippen molar-refractivity contribution in [1.29, 1.82) is 0 Å². The molecule has 0 radical (unpaired) electrons. The number of hydrogen-bond acceptors (Lipinski definition) is 8. The maximum atomic E-state index is 14.1. The van der Waals surface area contributed by atoms with Crippen molar-refractivity contribution in [2.75, 3.05) is 7.11 Å². The number of aromatic nitrogens is 3. The van der Waals surface area contributed by atoms with Gasteiger partial charge in [-0.15, -0.1) is 0 Å². The molecule has 34 heavy (non-hydrogen) atoms. The highest BCUT2D eigenvalue weighted by Crippen LogP contribution is 2.50. The van der Waals surface area contributed by atoms with Gasteiger partial charge in [0.2, 0.25) is 0 Å². The van der Waals surface area contributed by atoms with E-state index in [1.165, 1.54) is 25.1 Å². The van der Waals surface area contributed by atoms with Crippen LogP contribution in [0.15, 0.2) is 48.9 Å². The number of benzene rings is 1. The third-order valence-corrected chi connectivity index (χ3v) is 5.38. The number of hydrogen-bond donors (Lipinski definition) is 1. The molecule has 2 aromatic heterocycles. The zero-order chi connectivity index (χ0) is 25.1. The molecule has 3 aromatic rings. The number of nitrogens with zero attached hydrogens (tertiary/aromatic N) is 3. The maximum absolute atomic E-state index is 14.1. The SMILES string of the molecule is COC(=O)Oc1cnc(Oc2ccc(C(C)C(O)(c3ccnc(Cl)c3)C(F)(F)F)c(Cl)c2)nc1. The summed E-state index contributed by atoms with van der Waals surface area (Å²) in [6.07, 6.45) is -2.64. The second kappa shape index (κ2) is 10.00. The fourth-order valence-electron chi connectivity index (χ4n) is 3.10. The van der Waals surface area contributed by atoms with Crippen LogP contribution in [0, 0.1) is 0 Å². The number of aliphatic hydroxyl groups is 1. The van der Waals surface area contributed by atoms with E-state index in [2.05, 4.69) is 19.7 Å². The van der Waals surface area contributed by atoms with Crippen molar-refractivity contribution >= 4 is 29.4 Å². The average Bonchev–Trinajstić information content (AvgIpc) is 2.78. The van der Waals surface area contributed by atoms with E-state index in [1.54, 1.807) is 0 Å². The first-order valence-corrected chi connectivity index (χ1v) is 10.2. The Morgan fingerprint density at radius 2 is 1.74 bits per heavy atom. The van der Waals surface area contributed by atoms with Gasteiger partial charge in [0.15, 0.2) is 11.4 Å². The van der Waals surface area contributed by atoms with Crippen LogP contribution >= 0.6 is 23.2 Å². The summed E-state index contributed by atoms with van der Waals surface area (Å²) in [5, 5.41) is 10.5. The van der Waals surface area contributed by atoms with E-state index in [0.717, 1.165) is 37.8 Å². The second-order valence-corrected chi connectivity index (χ2v) is 7.69. The van der Waals surface area contributed by atoms with Gasteiger partial charge in [0, 0.05) is 17.1 Å². The van der Waals surface area contributed by atoms with Crippen LogP contribution < -0.4 is 9.47 Å². The molecule has 0 spiro atoms. The lowest BCUT2D eigenvalue weighted by atomic mass is 9.78. The molecule has 8 nitrogen and oxygen atoms in total. The molecule has 2 atom stereocenters. The molecule has 1 aromatic carbocycles. The molecule has 0 saturated heterocycles. The van der Waals surface area contributed by atoms with Gasteiger partial charge in [-0.1, -0.05) is 36.2 Å². The smallest absolute Gasteiger partial charge is 0.437 e. The summed E-state index contributed by atoms with van der Waals surface area (Å²) in [7, 11) is 1.14. The Morgan fingerprint density at radius 3 is 2.29 bits per heavy atom. The maximum Gasteiger partial charge on any atom is 0.513 e. The van der Waals surface area contributed by atoms with Crippen molar-refractivity contribution in [3.63, 3.8) is 0 Å². The Balaban J connectivity index is 1.86. The highest BCUT2D eigenvalue weighted by molar-refractivity contribution is 6.31. The van der Waals surface area contributed by atoms with E-state index in [0.29, 0.717) is 0 Å². The molecular formula is C21H16Cl2F3N3O5. The largest absolute Gasteiger partial charge is 0.513 e. The van der Waals surface area contributed by atoms with Crippen molar-refractivity contribution in [2.24, 2.45) is 0 Å². The highest BCUT2D eigenvalue weighted by Gasteiger charge is 2.59. The standard InChI is InChI=1S/C21H16Cl2F3N3O5/c1-11(20(31,21(24,25)26)12-5-6-27-17(23)7-12)15-4-3-13(8-16(15)22)33-18-28-9-14(10-29-18)34-19(30)32-2/h3-11,31H,1-2H3. The van der Waals surface area contributed by atoms with Gasteiger partial charge in [0.05, 0.1) is 19.5 Å². The zero-order valence-electron chi connectivity index (χ0n) is 17.5. The molecule has 3 rings (SSSR count). The molecule has 0 saturated carbocycles. The van der Waals surface area contributed by atoms with Crippen LogP contribution in [0.5, 0.6) is 17.5 Å². The lowest BCUT2D eigenvalue weighted by molar-refractivity contribution is -0.274. The van der Waals surface area contributed by atoms with Crippen LogP contribution in [0.25, 0.3) is 0 Å². The molecule has 180 valence electrons. The normalized spacial score (nSPS) is 14.1. The van der Waals surface area contributed by atoms with Gasteiger partial charge in [-0.3, -0.25) is 0 Å². The minimum Gasteiger partial charge on any atom is -0.437 e. The molecule has 2 heterocycles. The van der Waals surface area contributed by atoms with E-state index in [4.69, 9.17) is 32.7 Å². The first-order valence-electron chi connectivity index (χ1n) is 9.42. The minimum atomic E-state index is -5.06. The number of pyridine rings is 1. The van der Waals surface area contributed by atoms with Crippen LogP contribution in [0.4, 0.5) is 18.0 Å². The Morgan fingerprint density at radius 1 is 1.06 bits per heavy atom. The molecule has 0 aliphatic carbocycles. The van der Waals surface area contributed by atoms with Gasteiger partial charge < -0.3 is 19.3 Å². The molecule has 2 unspecified atom stereocenters. The predicted octanol–water partition coefficient (Wildman–Crippen LogP) is 5.67. The molecule has 0 aliphatic rings. The lowest BCUT2D eigenvalue weighted by Gasteiger charge is -2.37. The zero-order valence-corrected chi connectivity index (χ0v) is 19.0. The van der Waals surface area contributed by atoms with Gasteiger partial charge >= 0.3 is 18.3 Å². The molecule has 0 aliphatic heterocycles. The monoisotopic (exact) mass is 517 g/mol. The summed E-state index contributed by atoms with van der Waals surface area (Å²) in [5.41, 5.74) is -3.78. The quantitative estimate of drug-likeness (QED) is 0.329. The van der Waals surface area contributed by atoms with Crippen LogP contribution in [0.2, 0.25) is 10.2 Å². The van der Waals surface area contributed by atoms with Crippen molar-refractivity contribution < 1.29 is 37.3 Å². The number of halogens is 5. The number of carbonyl (C=O) groups excluding carboxylic acids is 1. The molecule has 0 bridgehead atoms. The summed E-state index contributed by atoms with van der Waals surface area (Å²) in [6, 6.07) is 5.72. The van der Waals surface area contributed by atoms with Crippen LogP contribution in [0.3, 0.4) is 0 Å². The van der Waals surface area contributed by atoms with Crippen molar-refractivity contribution in [3.8, 4) is 17.5 Å². The second-order valence-electron chi connectivity index (χ2n) is 6.90. The van der Waals surface area contributed by atoms with Gasteiger partial charge in [0.1, 0.15) is 10.9 Å². The number of ether oxygens (including phenoxy) is 3. The molecular weight excluding hydrogens is 502 g/mol. The van der Waals surface area contributed by atoms with Gasteiger partial charge in [0.25, 0.3) is 0 Å². The third kappa shape index (κ3) is 5.32. The number of carbonyl (C=O) groups is 1. The van der Waals surface area contributed by atoms with Crippen molar-refractivity contribution in [3.05, 3.63) is 70.2 Å². The highest BCUT2D eigenvalue weighted by atomic mass is 35.5. The number of rotatable bonds is 6. The summed E-state index contributed by atoms with van der Waals surface area (Å²) < 4.78 is 56.7. The van der Waals surface area contributed by atoms with Crippen LogP contribution in [0.1, 0.15) is 24.0 Å². The van der Waals surface area contributed by atoms with Crippen LogP contribution in [-0.2, 0) is 10.3 Å². The molecule has 0 amide bonds. The van der Waals surface area contributed by atoms with E-state index >= 15 is 0 Å². The third-order valence-electron chi connectivity index (χ3n) is 4.85. The Labute approximate surface area is 201 Å². The Bertz CT molecular complexity index is 1180. The number of alkyl halides is 3. The fourth-order valence-corrected chi connectivity index (χ4v) is 3.61. The molecule has 0 fully saturated rings. The summed E-state index contributed by atoms with van der Waals surface area (Å²) >= 11 is 12.0. The minimum absolute atomic E-state index is 0.00376. The van der Waals surface area contributed by atoms with Gasteiger partial charge in [-0.2, -0.15) is 23.1 Å². The van der Waals surface area contributed by atoms with Crippen molar-refractivity contribution in [2.45, 2.75) is 24.6 Å². The summed E-state index contributed by atoms with van der Waals surface area (Å²) in [6.45, 7) is 1.19. The first kappa shape index (κ1) is 25.5. The summed E-state index contributed by atoms with van der Waals surface area (Å²) in [4.78, 5) is 22.4. The summed E-state index contributed by atoms with van der Waals surface area (Å²) in [5.74, 6) is -1.41.